The Hall–Kier alpha value is -1.73. The van der Waals surface area contributed by atoms with Gasteiger partial charge in [-0.1, -0.05) is 60.5 Å². The number of carbonyl (C=O) groups excluding carboxylic acids is 2. The summed E-state index contributed by atoms with van der Waals surface area (Å²) in [6, 6.07) is 17.2. The molecule has 1 amide bonds. The molecule has 3 fully saturated rings. The molecule has 2 aromatic rings. The second-order valence-electron chi connectivity index (χ2n) is 10.7. The van der Waals surface area contributed by atoms with Gasteiger partial charge >= 0.3 is 0 Å². The molecule has 1 aliphatic heterocycles. The van der Waals surface area contributed by atoms with Crippen LogP contribution in [0.15, 0.2) is 54.6 Å². The molecule has 1 heterocycles. The molecule has 200 valence electrons. The van der Waals surface area contributed by atoms with Crippen LogP contribution >= 0.6 is 23.2 Å². The fraction of sp³-hybridized carbons (Fsp3) is 0.517. The van der Waals surface area contributed by atoms with E-state index >= 15 is 0 Å². The molecule has 3 aliphatic rings. The van der Waals surface area contributed by atoms with E-state index in [9.17, 15) is 13.8 Å². The van der Waals surface area contributed by atoms with Gasteiger partial charge in [0.15, 0.2) is 0 Å². The first kappa shape index (κ1) is 28.3. The highest BCUT2D eigenvalue weighted by Gasteiger charge is 2.50. The molecule has 0 N–H and O–H groups in total. The summed E-state index contributed by atoms with van der Waals surface area (Å²) in [6.07, 6.45) is 6.87. The van der Waals surface area contributed by atoms with Crippen molar-refractivity contribution in [3.8, 4) is 0 Å². The highest BCUT2D eigenvalue weighted by atomic mass is 35.5. The summed E-state index contributed by atoms with van der Waals surface area (Å²) in [6.45, 7) is 2.53. The molecule has 2 unspecified atom stereocenters. The molecule has 5 nitrogen and oxygen atoms in total. The SMILES string of the molecule is CN(CC(C1CC1)N1C(=O)[C@@](C)(CC=O)CC[C@H]1c1ccc(Cl)cc1)S(=O)C1CC1.Clc1ccccc1. The van der Waals surface area contributed by atoms with Crippen molar-refractivity contribution in [3.63, 3.8) is 0 Å². The zero-order chi connectivity index (χ0) is 26.6. The largest absolute Gasteiger partial charge is 0.331 e. The molecule has 0 radical (unpaired) electrons. The van der Waals surface area contributed by atoms with Crippen molar-refractivity contribution in [3.05, 3.63) is 70.2 Å². The van der Waals surface area contributed by atoms with Crippen molar-refractivity contribution in [2.45, 2.75) is 69.2 Å². The summed E-state index contributed by atoms with van der Waals surface area (Å²) in [5, 5.41) is 1.75. The highest BCUT2D eigenvalue weighted by molar-refractivity contribution is 7.83. The number of hydrogen-bond acceptors (Lipinski definition) is 3. The number of rotatable bonds is 9. The summed E-state index contributed by atoms with van der Waals surface area (Å²) in [4.78, 5) is 27.2. The third-order valence-electron chi connectivity index (χ3n) is 7.66. The van der Waals surface area contributed by atoms with Gasteiger partial charge in [0.25, 0.3) is 0 Å². The Balaban J connectivity index is 0.000000396. The van der Waals surface area contributed by atoms with Crippen LogP contribution in [-0.4, -0.2) is 50.5 Å². The topological polar surface area (TPSA) is 57.7 Å². The van der Waals surface area contributed by atoms with Gasteiger partial charge in [-0.15, -0.1) is 0 Å². The van der Waals surface area contributed by atoms with Crippen LogP contribution in [-0.2, 0) is 20.6 Å². The fourth-order valence-electron chi connectivity index (χ4n) is 5.14. The quantitative estimate of drug-likeness (QED) is 0.329. The van der Waals surface area contributed by atoms with E-state index in [-0.39, 0.29) is 29.7 Å². The number of amides is 1. The zero-order valence-corrected chi connectivity index (χ0v) is 23.9. The Morgan fingerprint density at radius 2 is 1.65 bits per heavy atom. The van der Waals surface area contributed by atoms with E-state index in [1.54, 1.807) is 0 Å². The van der Waals surface area contributed by atoms with Gasteiger partial charge in [-0.3, -0.25) is 4.79 Å². The number of likely N-dealkylation sites (N-methyl/N-ethyl adjacent to an activating group) is 1. The Morgan fingerprint density at radius 3 is 2.16 bits per heavy atom. The Morgan fingerprint density at radius 1 is 1.03 bits per heavy atom. The molecule has 0 bridgehead atoms. The normalized spacial score (nSPS) is 25.3. The summed E-state index contributed by atoms with van der Waals surface area (Å²) in [7, 11) is 0.927. The minimum Gasteiger partial charge on any atom is -0.331 e. The lowest BCUT2D eigenvalue weighted by Gasteiger charge is -2.48. The Labute approximate surface area is 233 Å². The molecule has 2 saturated carbocycles. The number of halogens is 2. The lowest BCUT2D eigenvalue weighted by Crippen LogP contribution is -2.56. The van der Waals surface area contributed by atoms with Gasteiger partial charge in [0.2, 0.25) is 5.91 Å². The second-order valence-corrected chi connectivity index (χ2v) is 13.5. The van der Waals surface area contributed by atoms with Crippen LogP contribution in [0.5, 0.6) is 0 Å². The number of hydrogen-bond donors (Lipinski definition) is 0. The lowest BCUT2D eigenvalue weighted by atomic mass is 9.74. The number of likely N-dealkylation sites (tertiary alicyclic amines) is 1. The van der Waals surface area contributed by atoms with E-state index in [1.807, 2.05) is 72.9 Å². The van der Waals surface area contributed by atoms with E-state index < -0.39 is 16.4 Å². The van der Waals surface area contributed by atoms with Gasteiger partial charge in [-0.25, -0.2) is 8.51 Å². The van der Waals surface area contributed by atoms with Crippen molar-refractivity contribution in [1.29, 1.82) is 0 Å². The van der Waals surface area contributed by atoms with E-state index in [1.165, 1.54) is 0 Å². The first-order valence-corrected chi connectivity index (χ1v) is 15.0. The number of aldehydes is 1. The maximum atomic E-state index is 13.8. The molecule has 0 aromatic heterocycles. The van der Waals surface area contributed by atoms with Gasteiger partial charge < -0.3 is 9.69 Å². The minimum absolute atomic E-state index is 0.0113. The molecule has 5 rings (SSSR count). The van der Waals surface area contributed by atoms with E-state index in [0.717, 1.165) is 49.0 Å². The molecule has 4 atom stereocenters. The smallest absolute Gasteiger partial charge is 0.229 e. The number of nitrogens with zero attached hydrogens (tertiary/aromatic N) is 2. The van der Waals surface area contributed by atoms with Crippen molar-refractivity contribution in [1.82, 2.24) is 9.21 Å². The minimum atomic E-state index is -0.990. The Kier molecular flexibility index (Phi) is 9.49. The first-order chi connectivity index (χ1) is 17.7. The number of benzene rings is 2. The third-order valence-corrected chi connectivity index (χ3v) is 9.97. The maximum absolute atomic E-state index is 13.8. The molecular formula is C29H36Cl2N2O3S. The van der Waals surface area contributed by atoms with Crippen LogP contribution in [0.25, 0.3) is 0 Å². The molecular weight excluding hydrogens is 527 g/mol. The van der Waals surface area contributed by atoms with E-state index in [2.05, 4.69) is 4.90 Å². The van der Waals surface area contributed by atoms with Crippen LogP contribution in [0.4, 0.5) is 0 Å². The summed E-state index contributed by atoms with van der Waals surface area (Å²) in [5.41, 5.74) is 0.420. The lowest BCUT2D eigenvalue weighted by molar-refractivity contribution is -0.155. The van der Waals surface area contributed by atoms with Crippen molar-refractivity contribution in [2.24, 2.45) is 11.3 Å². The standard InChI is InChI=1S/C23H31ClN2O3S.C6H5Cl/c1-23(13-14-27)12-11-20(16-5-7-18(24)8-6-16)26(22(23)28)21(17-3-4-17)15-25(2)30(29)19-9-10-19;7-6-4-2-1-3-5-6/h5-8,14,17,19-21H,3-4,9-13,15H2,1-2H3;1-5H/t20-,21?,23+,30?;/m0./s1. The van der Waals surface area contributed by atoms with Crippen LogP contribution in [0.3, 0.4) is 0 Å². The van der Waals surface area contributed by atoms with Crippen molar-refractivity contribution in [2.75, 3.05) is 13.6 Å². The first-order valence-electron chi connectivity index (χ1n) is 13.1. The van der Waals surface area contributed by atoms with Gasteiger partial charge in [0.1, 0.15) is 6.29 Å². The molecule has 2 aromatic carbocycles. The van der Waals surface area contributed by atoms with Crippen LogP contribution in [0.1, 0.15) is 63.5 Å². The fourth-order valence-corrected chi connectivity index (χ4v) is 6.76. The third kappa shape index (κ3) is 7.23. The van der Waals surface area contributed by atoms with Crippen LogP contribution in [0.2, 0.25) is 10.0 Å². The highest BCUT2D eigenvalue weighted by Crippen LogP contribution is 2.47. The number of piperidine rings is 1. The molecule has 0 spiro atoms. The molecule has 2 aliphatic carbocycles. The molecule has 8 heteroatoms. The molecule has 1 saturated heterocycles. The van der Waals surface area contributed by atoms with Gasteiger partial charge in [-0.2, -0.15) is 0 Å². The predicted molar refractivity (Wildman–Crippen MR) is 151 cm³/mol. The van der Waals surface area contributed by atoms with Gasteiger partial charge in [-0.05, 0) is 81.3 Å². The predicted octanol–water partition coefficient (Wildman–Crippen LogP) is 6.48. The monoisotopic (exact) mass is 562 g/mol. The average Bonchev–Trinajstić information content (AvgIpc) is 3.79. The van der Waals surface area contributed by atoms with E-state index in [4.69, 9.17) is 23.2 Å². The molecule has 37 heavy (non-hydrogen) atoms. The maximum Gasteiger partial charge on any atom is 0.229 e. The van der Waals surface area contributed by atoms with Gasteiger partial charge in [0.05, 0.1) is 22.4 Å². The van der Waals surface area contributed by atoms with E-state index in [0.29, 0.717) is 23.9 Å². The number of carbonyl (C=O) groups is 2. The van der Waals surface area contributed by atoms with Crippen LogP contribution < -0.4 is 0 Å². The second kappa shape index (κ2) is 12.4. The summed E-state index contributed by atoms with van der Waals surface area (Å²) < 4.78 is 14.7. The average molecular weight is 564 g/mol. The van der Waals surface area contributed by atoms with Crippen molar-refractivity contribution >= 4 is 46.4 Å². The summed E-state index contributed by atoms with van der Waals surface area (Å²) in [5.74, 6) is 0.490. The van der Waals surface area contributed by atoms with Gasteiger partial charge in [0, 0.05) is 34.3 Å². The Bertz CT molecular complexity index is 1090. The zero-order valence-electron chi connectivity index (χ0n) is 21.5. The van der Waals surface area contributed by atoms with Crippen molar-refractivity contribution < 1.29 is 13.8 Å². The van der Waals surface area contributed by atoms with Crippen LogP contribution in [0, 0.1) is 11.3 Å². The summed E-state index contributed by atoms with van der Waals surface area (Å²) >= 11 is 11.6.